The third-order valence-electron chi connectivity index (χ3n) is 4.90. The minimum atomic E-state index is -4.19. The zero-order valence-electron chi connectivity index (χ0n) is 16.5. The molecule has 1 N–H and O–H groups in total. The van der Waals surface area contributed by atoms with E-state index >= 15 is 0 Å². The van der Waals surface area contributed by atoms with E-state index in [-0.39, 0.29) is 42.3 Å². The van der Waals surface area contributed by atoms with Gasteiger partial charge in [-0.1, -0.05) is 0 Å². The van der Waals surface area contributed by atoms with Gasteiger partial charge in [-0.05, 0) is 19.9 Å². The third-order valence-corrected chi connectivity index (χ3v) is 4.90. The molecule has 2 heterocycles. The number of amides is 1. The van der Waals surface area contributed by atoms with Crippen molar-refractivity contribution >= 4 is 35.8 Å². The van der Waals surface area contributed by atoms with E-state index in [1.807, 2.05) is 4.90 Å². The quantitative estimate of drug-likeness (QED) is 0.336. The van der Waals surface area contributed by atoms with Gasteiger partial charge in [0.1, 0.15) is 0 Å². The van der Waals surface area contributed by atoms with E-state index in [2.05, 4.69) is 15.2 Å². The van der Waals surface area contributed by atoms with Gasteiger partial charge in [0, 0.05) is 52.2 Å². The molecule has 164 valence electrons. The summed E-state index contributed by atoms with van der Waals surface area (Å²) in [6, 6.07) is 0. The van der Waals surface area contributed by atoms with Gasteiger partial charge in [0.25, 0.3) is 0 Å². The van der Waals surface area contributed by atoms with E-state index in [1.165, 1.54) is 11.9 Å². The maximum absolute atomic E-state index is 12.6. The number of rotatable bonds is 5. The lowest BCUT2D eigenvalue weighted by molar-refractivity contribution is -0.143. The number of carbonyl (C=O) groups excluding carboxylic acids is 1. The van der Waals surface area contributed by atoms with Crippen LogP contribution in [-0.4, -0.2) is 106 Å². The number of hydrogen-bond donors (Lipinski definition) is 1. The molecule has 2 saturated heterocycles. The number of nitrogens with one attached hydrogen (secondary N) is 1. The molecule has 2 rings (SSSR count). The number of piperidine rings is 1. The molecule has 0 spiro atoms. The normalized spacial score (nSPS) is 19.6. The molecule has 0 aromatic carbocycles. The van der Waals surface area contributed by atoms with E-state index in [0.717, 1.165) is 12.8 Å². The van der Waals surface area contributed by atoms with E-state index < -0.39 is 12.7 Å². The maximum Gasteiger partial charge on any atom is 0.401 e. The lowest BCUT2D eigenvalue weighted by Gasteiger charge is -2.36. The monoisotopic (exact) mass is 521 g/mol. The molecule has 0 saturated carbocycles. The van der Waals surface area contributed by atoms with Crippen molar-refractivity contribution in [2.75, 3.05) is 73.1 Å². The van der Waals surface area contributed by atoms with Gasteiger partial charge in [0.05, 0.1) is 19.8 Å². The predicted molar refractivity (Wildman–Crippen MR) is 112 cm³/mol. The van der Waals surface area contributed by atoms with Gasteiger partial charge < -0.3 is 19.9 Å². The number of halogens is 4. The fraction of sp³-hybridized carbons (Fsp3) is 0.882. The second kappa shape index (κ2) is 12.0. The van der Waals surface area contributed by atoms with Gasteiger partial charge in [-0.25, -0.2) is 0 Å². The number of carbonyl (C=O) groups is 1. The van der Waals surface area contributed by atoms with Crippen LogP contribution in [0.4, 0.5) is 13.2 Å². The number of morpholine rings is 1. The molecule has 2 aliphatic heterocycles. The van der Waals surface area contributed by atoms with Crippen LogP contribution in [0.5, 0.6) is 0 Å². The van der Waals surface area contributed by atoms with Gasteiger partial charge >= 0.3 is 6.18 Å². The molecule has 0 unspecified atom stereocenters. The Kier molecular flexibility index (Phi) is 10.8. The van der Waals surface area contributed by atoms with E-state index in [9.17, 15) is 18.0 Å². The average Bonchev–Trinajstić information content (AvgIpc) is 2.64. The minimum Gasteiger partial charge on any atom is -0.378 e. The van der Waals surface area contributed by atoms with E-state index in [1.54, 1.807) is 7.05 Å². The van der Waals surface area contributed by atoms with Crippen LogP contribution in [0.3, 0.4) is 0 Å². The standard InChI is InChI=1S/C17H30F3N5O2.HI/c1-21-16(22-5-8-23(2)13-17(18,19)20)25-6-3-14(4-7-25)15(26)24-9-11-27-12-10-24;/h14H,3-13H2,1-2H3,(H,21,22);1H. The molecule has 1 amide bonds. The number of likely N-dealkylation sites (N-methyl/N-ethyl adjacent to an activating group) is 1. The molecule has 0 aliphatic carbocycles. The van der Waals surface area contributed by atoms with Crippen LogP contribution in [-0.2, 0) is 9.53 Å². The molecule has 0 atom stereocenters. The number of alkyl halides is 3. The number of ether oxygens (including phenoxy) is 1. The predicted octanol–water partition coefficient (Wildman–Crippen LogP) is 1.24. The van der Waals surface area contributed by atoms with Crippen molar-refractivity contribution in [3.05, 3.63) is 0 Å². The maximum atomic E-state index is 12.6. The summed E-state index contributed by atoms with van der Waals surface area (Å²) in [5.74, 6) is 0.901. The van der Waals surface area contributed by atoms with Gasteiger partial charge in [0.2, 0.25) is 5.91 Å². The van der Waals surface area contributed by atoms with Crippen molar-refractivity contribution in [2.45, 2.75) is 19.0 Å². The Hall–Kier alpha value is -0.820. The number of nitrogens with zero attached hydrogens (tertiary/aromatic N) is 4. The Balaban J connectivity index is 0.00000392. The van der Waals surface area contributed by atoms with Crippen LogP contribution in [0.15, 0.2) is 4.99 Å². The highest BCUT2D eigenvalue weighted by Crippen LogP contribution is 2.20. The van der Waals surface area contributed by atoms with Crippen LogP contribution in [0.2, 0.25) is 0 Å². The van der Waals surface area contributed by atoms with Crippen LogP contribution >= 0.6 is 24.0 Å². The Morgan fingerprint density at radius 3 is 2.32 bits per heavy atom. The Bertz CT molecular complexity index is 508. The zero-order chi connectivity index (χ0) is 19.9. The summed E-state index contributed by atoms with van der Waals surface area (Å²) in [5, 5.41) is 3.12. The summed E-state index contributed by atoms with van der Waals surface area (Å²) < 4.78 is 42.3. The van der Waals surface area contributed by atoms with Crippen LogP contribution < -0.4 is 5.32 Å². The topological polar surface area (TPSA) is 60.4 Å². The second-order valence-corrected chi connectivity index (χ2v) is 7.03. The molecule has 2 fully saturated rings. The highest BCUT2D eigenvalue weighted by molar-refractivity contribution is 14.0. The fourth-order valence-electron chi connectivity index (χ4n) is 3.46. The zero-order valence-corrected chi connectivity index (χ0v) is 18.8. The number of likely N-dealkylation sites (tertiary alicyclic amines) is 1. The van der Waals surface area contributed by atoms with Crippen LogP contribution in [0, 0.1) is 5.92 Å². The molecule has 2 aliphatic rings. The highest BCUT2D eigenvalue weighted by Gasteiger charge is 2.31. The first-order valence-electron chi connectivity index (χ1n) is 9.37. The van der Waals surface area contributed by atoms with E-state index in [4.69, 9.17) is 4.74 Å². The highest BCUT2D eigenvalue weighted by atomic mass is 127. The van der Waals surface area contributed by atoms with Gasteiger partial charge in [0.15, 0.2) is 5.96 Å². The lowest BCUT2D eigenvalue weighted by Crippen LogP contribution is -2.50. The summed E-state index contributed by atoms with van der Waals surface area (Å²) >= 11 is 0. The summed E-state index contributed by atoms with van der Waals surface area (Å²) in [5.41, 5.74) is 0. The molecular weight excluding hydrogens is 490 g/mol. The molecule has 11 heteroatoms. The largest absolute Gasteiger partial charge is 0.401 e. The first kappa shape index (κ1) is 25.2. The van der Waals surface area contributed by atoms with Gasteiger partial charge in [-0.3, -0.25) is 14.7 Å². The van der Waals surface area contributed by atoms with Crippen LogP contribution in [0.1, 0.15) is 12.8 Å². The smallest absolute Gasteiger partial charge is 0.378 e. The summed E-state index contributed by atoms with van der Waals surface area (Å²) in [6.07, 6.45) is -2.68. The van der Waals surface area contributed by atoms with Gasteiger partial charge in [-0.2, -0.15) is 13.2 Å². The summed E-state index contributed by atoms with van der Waals surface area (Å²) in [4.78, 5) is 22.0. The third kappa shape index (κ3) is 8.27. The fourth-order valence-corrected chi connectivity index (χ4v) is 3.46. The molecule has 0 radical (unpaired) electrons. The van der Waals surface area contributed by atoms with Crippen molar-refractivity contribution in [3.63, 3.8) is 0 Å². The number of guanidine groups is 1. The second-order valence-electron chi connectivity index (χ2n) is 7.03. The summed E-state index contributed by atoms with van der Waals surface area (Å²) in [6.45, 7) is 3.66. The summed E-state index contributed by atoms with van der Waals surface area (Å²) in [7, 11) is 3.10. The van der Waals surface area contributed by atoms with Crippen molar-refractivity contribution in [1.82, 2.24) is 20.0 Å². The molecule has 0 aromatic rings. The molecule has 28 heavy (non-hydrogen) atoms. The number of aliphatic imine (C=N–C) groups is 1. The van der Waals surface area contributed by atoms with Crippen molar-refractivity contribution in [1.29, 1.82) is 0 Å². The molecule has 0 bridgehead atoms. The number of hydrogen-bond acceptors (Lipinski definition) is 4. The lowest BCUT2D eigenvalue weighted by atomic mass is 9.95. The molecule has 7 nitrogen and oxygen atoms in total. The first-order chi connectivity index (χ1) is 12.8. The average molecular weight is 521 g/mol. The van der Waals surface area contributed by atoms with E-state index in [0.29, 0.717) is 51.9 Å². The van der Waals surface area contributed by atoms with Crippen molar-refractivity contribution < 1.29 is 22.7 Å². The molecule has 0 aromatic heterocycles. The SMILES string of the molecule is CN=C(NCCN(C)CC(F)(F)F)N1CCC(C(=O)N2CCOCC2)CC1.I. The Labute approximate surface area is 181 Å². The Morgan fingerprint density at radius 1 is 1.18 bits per heavy atom. The van der Waals surface area contributed by atoms with Crippen molar-refractivity contribution in [2.24, 2.45) is 10.9 Å². The van der Waals surface area contributed by atoms with Crippen LogP contribution in [0.25, 0.3) is 0 Å². The minimum absolute atomic E-state index is 0. The van der Waals surface area contributed by atoms with Gasteiger partial charge in [-0.15, -0.1) is 24.0 Å². The first-order valence-corrected chi connectivity index (χ1v) is 9.37. The van der Waals surface area contributed by atoms with Crippen molar-refractivity contribution in [3.8, 4) is 0 Å². The Morgan fingerprint density at radius 2 is 1.79 bits per heavy atom. The molecular formula is C17H31F3IN5O2.